The minimum absolute atomic E-state index is 0.119. The van der Waals surface area contributed by atoms with Crippen LogP contribution in [-0.2, 0) is 6.54 Å². The van der Waals surface area contributed by atoms with Crippen LogP contribution in [0.25, 0.3) is 11.4 Å². The first-order chi connectivity index (χ1) is 11.1. The van der Waals surface area contributed by atoms with E-state index in [-0.39, 0.29) is 11.9 Å². The zero-order valence-electron chi connectivity index (χ0n) is 12.5. The lowest BCUT2D eigenvalue weighted by atomic mass is 10.1. The molecule has 23 heavy (non-hydrogen) atoms. The monoisotopic (exact) mass is 331 g/mol. The standard InChI is InChI=1S/C17H15ClFN3O/c1-11(12-2-6-14(18)7-3-12)20-10-16-21-17(22-23-16)13-4-8-15(19)9-5-13/h2-9,11,20H,10H2,1H3/t11-/m1/s1. The lowest BCUT2D eigenvalue weighted by molar-refractivity contribution is 0.360. The third-order valence-corrected chi connectivity index (χ3v) is 3.75. The summed E-state index contributed by atoms with van der Waals surface area (Å²) in [6.45, 7) is 2.48. The predicted octanol–water partition coefficient (Wildman–Crippen LogP) is 4.38. The molecule has 3 rings (SSSR count). The highest BCUT2D eigenvalue weighted by Crippen LogP contribution is 2.18. The second-order valence-corrected chi connectivity index (χ2v) is 5.61. The smallest absolute Gasteiger partial charge is 0.240 e. The molecule has 6 heteroatoms. The van der Waals surface area contributed by atoms with Gasteiger partial charge in [-0.05, 0) is 48.9 Å². The Kier molecular flexibility index (Phi) is 4.69. The molecule has 1 aromatic heterocycles. The molecular formula is C17H15ClFN3O. The summed E-state index contributed by atoms with van der Waals surface area (Å²) in [5.74, 6) is 0.627. The number of nitrogens with one attached hydrogen (secondary N) is 1. The Hall–Kier alpha value is -2.24. The van der Waals surface area contributed by atoms with Gasteiger partial charge in [0.05, 0.1) is 6.54 Å². The van der Waals surface area contributed by atoms with Gasteiger partial charge < -0.3 is 9.84 Å². The van der Waals surface area contributed by atoms with E-state index in [1.165, 1.54) is 12.1 Å². The molecule has 0 saturated carbocycles. The first kappa shape index (κ1) is 15.6. The highest BCUT2D eigenvalue weighted by Gasteiger charge is 2.11. The number of hydrogen-bond acceptors (Lipinski definition) is 4. The summed E-state index contributed by atoms with van der Waals surface area (Å²) >= 11 is 5.88. The maximum Gasteiger partial charge on any atom is 0.240 e. The Morgan fingerprint density at radius 2 is 1.83 bits per heavy atom. The van der Waals surface area contributed by atoms with Crippen LogP contribution in [0.4, 0.5) is 4.39 Å². The van der Waals surface area contributed by atoms with Gasteiger partial charge in [0, 0.05) is 16.6 Å². The molecule has 1 N–H and O–H groups in total. The van der Waals surface area contributed by atoms with Gasteiger partial charge in [0.15, 0.2) is 0 Å². The number of hydrogen-bond donors (Lipinski definition) is 1. The Morgan fingerprint density at radius 1 is 1.13 bits per heavy atom. The molecular weight excluding hydrogens is 317 g/mol. The van der Waals surface area contributed by atoms with Gasteiger partial charge in [0.25, 0.3) is 0 Å². The third-order valence-electron chi connectivity index (χ3n) is 3.50. The summed E-state index contributed by atoms with van der Waals surface area (Å²) in [7, 11) is 0. The molecule has 1 atom stereocenters. The molecule has 0 unspecified atom stereocenters. The number of benzene rings is 2. The largest absolute Gasteiger partial charge is 0.338 e. The molecule has 0 aliphatic heterocycles. The highest BCUT2D eigenvalue weighted by molar-refractivity contribution is 6.30. The first-order valence-electron chi connectivity index (χ1n) is 7.19. The molecule has 0 bridgehead atoms. The average molecular weight is 332 g/mol. The van der Waals surface area contributed by atoms with Crippen molar-refractivity contribution in [2.45, 2.75) is 19.5 Å². The molecule has 0 fully saturated rings. The van der Waals surface area contributed by atoms with Crippen molar-refractivity contribution in [1.82, 2.24) is 15.5 Å². The number of nitrogens with zero attached hydrogens (tertiary/aromatic N) is 2. The van der Waals surface area contributed by atoms with Crippen molar-refractivity contribution in [3.8, 4) is 11.4 Å². The topological polar surface area (TPSA) is 51.0 Å². The fraction of sp³-hybridized carbons (Fsp3) is 0.176. The number of halogens is 2. The maximum absolute atomic E-state index is 12.9. The zero-order chi connectivity index (χ0) is 16.2. The minimum Gasteiger partial charge on any atom is -0.338 e. The molecule has 4 nitrogen and oxygen atoms in total. The van der Waals surface area contributed by atoms with Crippen LogP contribution in [0.3, 0.4) is 0 Å². The Balaban J connectivity index is 1.63. The fourth-order valence-electron chi connectivity index (χ4n) is 2.15. The number of rotatable bonds is 5. The van der Waals surface area contributed by atoms with Crippen molar-refractivity contribution in [2.75, 3.05) is 0 Å². The van der Waals surface area contributed by atoms with Crippen molar-refractivity contribution >= 4 is 11.6 Å². The van der Waals surface area contributed by atoms with Crippen LogP contribution in [0.1, 0.15) is 24.4 Å². The third kappa shape index (κ3) is 3.94. The van der Waals surface area contributed by atoms with Crippen LogP contribution >= 0.6 is 11.6 Å². The molecule has 0 aliphatic rings. The summed E-state index contributed by atoms with van der Waals surface area (Å²) in [6, 6.07) is 13.7. The van der Waals surface area contributed by atoms with E-state index in [4.69, 9.17) is 16.1 Å². The summed E-state index contributed by atoms with van der Waals surface area (Å²) in [5.41, 5.74) is 1.83. The second kappa shape index (κ2) is 6.89. The van der Waals surface area contributed by atoms with Crippen LogP contribution in [-0.4, -0.2) is 10.1 Å². The molecule has 0 aliphatic carbocycles. The highest BCUT2D eigenvalue weighted by atomic mass is 35.5. The van der Waals surface area contributed by atoms with E-state index in [2.05, 4.69) is 15.5 Å². The van der Waals surface area contributed by atoms with Gasteiger partial charge in [-0.2, -0.15) is 4.98 Å². The van der Waals surface area contributed by atoms with Crippen molar-refractivity contribution in [1.29, 1.82) is 0 Å². The molecule has 2 aromatic carbocycles. The van der Waals surface area contributed by atoms with E-state index in [1.807, 2.05) is 31.2 Å². The van der Waals surface area contributed by atoms with E-state index in [9.17, 15) is 4.39 Å². The Bertz CT molecular complexity index is 771. The van der Waals surface area contributed by atoms with Crippen molar-refractivity contribution in [2.24, 2.45) is 0 Å². The van der Waals surface area contributed by atoms with Crippen LogP contribution in [0.15, 0.2) is 53.1 Å². The van der Waals surface area contributed by atoms with E-state index in [0.29, 0.717) is 28.8 Å². The first-order valence-corrected chi connectivity index (χ1v) is 7.57. The molecule has 0 radical (unpaired) electrons. The minimum atomic E-state index is -0.295. The lowest BCUT2D eigenvalue weighted by Gasteiger charge is -2.12. The lowest BCUT2D eigenvalue weighted by Crippen LogP contribution is -2.18. The summed E-state index contributed by atoms with van der Waals surface area (Å²) in [4.78, 5) is 4.31. The van der Waals surface area contributed by atoms with Gasteiger partial charge in [-0.1, -0.05) is 28.9 Å². The van der Waals surface area contributed by atoms with Crippen LogP contribution in [0.5, 0.6) is 0 Å². The summed E-state index contributed by atoms with van der Waals surface area (Å²) < 4.78 is 18.1. The van der Waals surface area contributed by atoms with E-state index < -0.39 is 0 Å². The zero-order valence-corrected chi connectivity index (χ0v) is 13.2. The Morgan fingerprint density at radius 3 is 2.52 bits per heavy atom. The van der Waals surface area contributed by atoms with Crippen molar-refractivity contribution < 1.29 is 8.91 Å². The van der Waals surface area contributed by atoms with Crippen molar-refractivity contribution in [3.05, 3.63) is 70.8 Å². The normalized spacial score (nSPS) is 12.3. The number of aromatic nitrogens is 2. The van der Waals surface area contributed by atoms with Gasteiger partial charge >= 0.3 is 0 Å². The fourth-order valence-corrected chi connectivity index (χ4v) is 2.28. The quantitative estimate of drug-likeness (QED) is 0.753. The predicted molar refractivity (Wildman–Crippen MR) is 86.4 cm³/mol. The SMILES string of the molecule is C[C@@H](NCc1nc(-c2ccc(F)cc2)no1)c1ccc(Cl)cc1. The second-order valence-electron chi connectivity index (χ2n) is 5.17. The molecule has 1 heterocycles. The van der Waals surface area contributed by atoms with Gasteiger partial charge in [0.1, 0.15) is 5.82 Å². The average Bonchev–Trinajstić information content (AvgIpc) is 3.03. The van der Waals surface area contributed by atoms with E-state index in [1.54, 1.807) is 12.1 Å². The van der Waals surface area contributed by atoms with Gasteiger partial charge in [0.2, 0.25) is 11.7 Å². The van der Waals surface area contributed by atoms with Gasteiger partial charge in [-0.25, -0.2) is 4.39 Å². The van der Waals surface area contributed by atoms with Gasteiger partial charge in [-0.3, -0.25) is 0 Å². The molecule has 0 amide bonds. The van der Waals surface area contributed by atoms with Crippen molar-refractivity contribution in [3.63, 3.8) is 0 Å². The molecule has 0 saturated heterocycles. The van der Waals surface area contributed by atoms with E-state index >= 15 is 0 Å². The summed E-state index contributed by atoms with van der Waals surface area (Å²) in [5, 5.41) is 7.93. The van der Waals surface area contributed by atoms with Gasteiger partial charge in [-0.15, -0.1) is 0 Å². The van der Waals surface area contributed by atoms with Crippen LogP contribution in [0.2, 0.25) is 5.02 Å². The maximum atomic E-state index is 12.9. The van der Waals surface area contributed by atoms with Crippen LogP contribution in [0, 0.1) is 5.82 Å². The summed E-state index contributed by atoms with van der Waals surface area (Å²) in [6.07, 6.45) is 0. The molecule has 3 aromatic rings. The van der Waals surface area contributed by atoms with E-state index in [0.717, 1.165) is 5.56 Å². The Labute approximate surface area is 138 Å². The molecule has 0 spiro atoms. The van der Waals surface area contributed by atoms with Crippen LogP contribution < -0.4 is 5.32 Å². The molecule has 118 valence electrons.